The third kappa shape index (κ3) is 17.7. The van der Waals surface area contributed by atoms with E-state index in [0.29, 0.717) is 65.6 Å². The van der Waals surface area contributed by atoms with Crippen LogP contribution in [0, 0.1) is 11.3 Å². The SMILES string of the molecule is CCCCOc1nc(N)c2[nH]c(=O)n(Cc3ccc(Oc4ccc(CN(C)C(=O)OCc5ccc(NC(=O)[C@H](CCCNC(N)=O)NC(=O)C(NC(=O)C(C)(C)COC(C)(C)CCN)C(C)C)cc5)cc4)nc3)c2n1. The molecule has 0 aliphatic heterocycles. The Morgan fingerprint density at radius 3 is 2.23 bits per heavy atom. The van der Waals surface area contributed by atoms with Gasteiger partial charge in [0.15, 0.2) is 11.5 Å². The minimum Gasteiger partial charge on any atom is -0.463 e. The number of nitrogens with zero attached hydrogens (tertiary/aromatic N) is 5. The maximum absolute atomic E-state index is 13.8. The molecule has 5 aromatic rings. The Morgan fingerprint density at radius 2 is 1.59 bits per heavy atom. The van der Waals surface area contributed by atoms with E-state index in [1.807, 2.05) is 32.9 Å². The zero-order chi connectivity index (χ0) is 54.9. The lowest BCUT2D eigenvalue weighted by molar-refractivity contribution is -0.141. The van der Waals surface area contributed by atoms with Gasteiger partial charge in [0.1, 0.15) is 30.0 Å². The van der Waals surface area contributed by atoms with Gasteiger partial charge in [0, 0.05) is 38.1 Å². The molecule has 0 saturated carbocycles. The van der Waals surface area contributed by atoms with Gasteiger partial charge in [0.05, 0.1) is 30.8 Å². The molecule has 0 saturated heterocycles. The van der Waals surface area contributed by atoms with Gasteiger partial charge in [0.25, 0.3) is 0 Å². The van der Waals surface area contributed by atoms with Crippen molar-refractivity contribution in [1.29, 1.82) is 0 Å². The van der Waals surface area contributed by atoms with E-state index in [-0.39, 0.29) is 57.0 Å². The Balaban J connectivity index is 1.10. The summed E-state index contributed by atoms with van der Waals surface area (Å²) in [4.78, 5) is 95.2. The van der Waals surface area contributed by atoms with Crippen LogP contribution in [0.15, 0.2) is 71.7 Å². The molecule has 23 nitrogen and oxygen atoms in total. The Morgan fingerprint density at radius 1 is 0.893 bits per heavy atom. The predicted molar refractivity (Wildman–Crippen MR) is 283 cm³/mol. The van der Waals surface area contributed by atoms with E-state index in [2.05, 4.69) is 41.2 Å². The highest BCUT2D eigenvalue weighted by molar-refractivity contribution is 5.98. The molecule has 2 aromatic carbocycles. The molecule has 5 rings (SSSR count). The van der Waals surface area contributed by atoms with Gasteiger partial charge in [0.2, 0.25) is 23.6 Å². The van der Waals surface area contributed by atoms with E-state index in [4.69, 9.17) is 36.1 Å². The summed E-state index contributed by atoms with van der Waals surface area (Å²) < 4.78 is 24.6. The third-order valence-corrected chi connectivity index (χ3v) is 12.0. The monoisotopic (exact) mass is 1040 g/mol. The number of carbonyl (C=O) groups excluding carboxylic acids is 5. The van der Waals surface area contributed by atoms with Crippen molar-refractivity contribution >= 4 is 52.5 Å². The average molecular weight is 1040 g/mol. The predicted octanol–water partition coefficient (Wildman–Crippen LogP) is 5.07. The summed E-state index contributed by atoms with van der Waals surface area (Å²) >= 11 is 0. The smallest absolute Gasteiger partial charge is 0.410 e. The number of unbranched alkanes of at least 4 members (excludes halogenated alkanes) is 1. The molecule has 75 heavy (non-hydrogen) atoms. The Hall–Kier alpha value is -7.79. The molecule has 3 aromatic heterocycles. The number of hydrogen-bond donors (Lipinski definition) is 8. The van der Waals surface area contributed by atoms with Gasteiger partial charge in [-0.2, -0.15) is 9.97 Å². The summed E-state index contributed by atoms with van der Waals surface area (Å²) in [6.45, 7) is 14.3. The maximum Gasteiger partial charge on any atom is 0.410 e. The topological polar surface area (TPSA) is 328 Å². The number of primary amides is 1. The van der Waals surface area contributed by atoms with Gasteiger partial charge >= 0.3 is 23.8 Å². The van der Waals surface area contributed by atoms with Gasteiger partial charge < -0.3 is 67.3 Å². The number of urea groups is 1. The standard InChI is InChI=1S/C52H73N13O10/c1-9-10-26-72-48-62-42(54)41-43(63-48)65(49(70)61-41)29-35-17-22-39(57-27-35)75-37-20-15-33(16-21-37)28-64(8)50(71)73-30-34-13-18-36(19-14-34)58-44(66)38(12-11-25-56-47(55)69)59-45(67)40(32(2)3)60-46(68)51(4,5)31-74-52(6,7)23-24-53/h13-22,27,32,38,40H,9-12,23-26,28-31,53H2,1-8H3,(H,58,66)(H,59,67)(H,60,68)(H,61,70)(H2,54,62,63)(H3,55,56,69)/t38-,40?/m0/s1. The molecule has 406 valence electrons. The quantitative estimate of drug-likeness (QED) is 0.0303. The maximum atomic E-state index is 13.8. The number of nitrogen functional groups attached to an aromatic ring is 1. The van der Waals surface area contributed by atoms with Gasteiger partial charge in [-0.15, -0.1) is 0 Å². The van der Waals surface area contributed by atoms with Gasteiger partial charge in [-0.1, -0.05) is 57.5 Å². The lowest BCUT2D eigenvalue weighted by atomic mass is 9.91. The van der Waals surface area contributed by atoms with Crippen LogP contribution in [0.25, 0.3) is 11.2 Å². The molecule has 1 unspecified atom stereocenters. The van der Waals surface area contributed by atoms with Crippen LogP contribution in [0.5, 0.6) is 17.6 Å². The van der Waals surface area contributed by atoms with E-state index in [9.17, 15) is 28.8 Å². The van der Waals surface area contributed by atoms with E-state index in [0.717, 1.165) is 18.4 Å². The fourth-order valence-corrected chi connectivity index (χ4v) is 7.37. The number of nitrogens with two attached hydrogens (primary N) is 3. The van der Waals surface area contributed by atoms with Crippen molar-refractivity contribution in [2.45, 2.75) is 118 Å². The Labute approximate surface area is 436 Å². The summed E-state index contributed by atoms with van der Waals surface area (Å²) in [7, 11) is 1.61. The first kappa shape index (κ1) is 58.1. The number of pyridine rings is 1. The number of fused-ring (bicyclic) bond motifs is 1. The van der Waals surface area contributed by atoms with Crippen molar-refractivity contribution in [1.82, 2.24) is 45.4 Å². The number of imidazole rings is 1. The number of H-pyrrole nitrogens is 1. The number of anilines is 2. The van der Waals surface area contributed by atoms with Crippen LogP contribution < -0.4 is 53.6 Å². The van der Waals surface area contributed by atoms with Crippen LogP contribution >= 0.6 is 0 Å². The van der Waals surface area contributed by atoms with E-state index in [1.165, 1.54) is 9.47 Å². The largest absolute Gasteiger partial charge is 0.463 e. The molecule has 3 heterocycles. The molecule has 0 bridgehead atoms. The number of ether oxygens (including phenoxy) is 4. The third-order valence-electron chi connectivity index (χ3n) is 12.0. The first-order valence-corrected chi connectivity index (χ1v) is 24.9. The molecule has 0 aliphatic rings. The number of hydrogen-bond acceptors (Lipinski definition) is 15. The molecule has 23 heteroatoms. The minimum atomic E-state index is -1.05. The van der Waals surface area contributed by atoms with E-state index >= 15 is 0 Å². The van der Waals surface area contributed by atoms with Crippen LogP contribution in [0.4, 0.5) is 21.1 Å². The van der Waals surface area contributed by atoms with Crippen molar-refractivity contribution < 1.29 is 42.9 Å². The molecule has 0 aliphatic carbocycles. The molecule has 0 fully saturated rings. The lowest BCUT2D eigenvalue weighted by Gasteiger charge is -2.33. The number of carbonyl (C=O) groups is 5. The normalized spacial score (nSPS) is 12.4. The van der Waals surface area contributed by atoms with Crippen LogP contribution in [-0.2, 0) is 43.6 Å². The summed E-state index contributed by atoms with van der Waals surface area (Å²) in [5.41, 5.74) is 18.3. The number of amides is 6. The first-order chi connectivity index (χ1) is 35.6. The molecule has 6 amide bonds. The zero-order valence-corrected chi connectivity index (χ0v) is 44.1. The fourth-order valence-electron chi connectivity index (χ4n) is 7.37. The van der Waals surface area contributed by atoms with Crippen LogP contribution in [0.1, 0.15) is 97.3 Å². The average Bonchev–Trinajstić information content (AvgIpc) is 3.68. The van der Waals surface area contributed by atoms with Crippen molar-refractivity contribution in [3.8, 4) is 17.6 Å². The molecule has 11 N–H and O–H groups in total. The first-order valence-electron chi connectivity index (χ1n) is 24.9. The van der Waals surface area contributed by atoms with E-state index in [1.54, 1.807) is 89.5 Å². The zero-order valence-electron chi connectivity index (χ0n) is 44.1. The number of rotatable bonds is 28. The highest BCUT2D eigenvalue weighted by Crippen LogP contribution is 2.25. The second kappa shape index (κ2) is 27.0. The van der Waals surface area contributed by atoms with Crippen molar-refractivity contribution in [2.24, 2.45) is 22.8 Å². The van der Waals surface area contributed by atoms with Gasteiger partial charge in [-0.05, 0) is 107 Å². The van der Waals surface area contributed by atoms with Crippen LogP contribution in [0.3, 0.4) is 0 Å². The van der Waals surface area contributed by atoms with Crippen LogP contribution in [0.2, 0.25) is 0 Å². The highest BCUT2D eigenvalue weighted by atomic mass is 16.6. The second-order valence-electron chi connectivity index (χ2n) is 19.8. The van der Waals surface area contributed by atoms with Crippen molar-refractivity contribution in [3.05, 3.63) is 94.0 Å². The number of benzene rings is 2. The van der Waals surface area contributed by atoms with Gasteiger partial charge in [-0.3, -0.25) is 19.0 Å². The summed E-state index contributed by atoms with van der Waals surface area (Å²) in [6.07, 6.45) is 3.85. The van der Waals surface area contributed by atoms with E-state index < -0.39 is 58.6 Å². The number of aromatic nitrogens is 5. The lowest BCUT2D eigenvalue weighted by Crippen LogP contribution is -2.57. The van der Waals surface area contributed by atoms with Crippen molar-refractivity contribution in [2.75, 3.05) is 44.4 Å². The highest BCUT2D eigenvalue weighted by Gasteiger charge is 2.36. The summed E-state index contributed by atoms with van der Waals surface area (Å²) in [5, 5.41) is 11.0. The second-order valence-corrected chi connectivity index (χ2v) is 19.8. The summed E-state index contributed by atoms with van der Waals surface area (Å²) in [6, 6.07) is 14.6. The molecular weight excluding hydrogens is 967 g/mol. The molecule has 2 atom stereocenters. The minimum absolute atomic E-state index is 0.0469. The molecule has 0 spiro atoms. The fraction of sp³-hybridized carbons (Fsp3) is 0.481. The Kier molecular flexibility index (Phi) is 20.9. The molecular formula is C52H73N13O10. The number of nitrogens with one attached hydrogen (secondary N) is 5. The van der Waals surface area contributed by atoms with Gasteiger partial charge in [-0.25, -0.2) is 19.4 Å². The van der Waals surface area contributed by atoms with Crippen molar-refractivity contribution in [3.63, 3.8) is 0 Å². The summed E-state index contributed by atoms with van der Waals surface area (Å²) in [5.74, 6) is -0.856. The van der Waals surface area contributed by atoms with Crippen LogP contribution in [-0.4, -0.2) is 110 Å². The number of aromatic amines is 1. The molecule has 0 radical (unpaired) electrons. The Bertz CT molecular complexity index is 2760.